The van der Waals surface area contributed by atoms with E-state index in [-0.39, 0.29) is 0 Å². The zero-order valence-corrected chi connectivity index (χ0v) is 9.79. The minimum absolute atomic E-state index is 0.844. The second-order valence-corrected chi connectivity index (χ2v) is 4.85. The number of rotatable bonds is 5. The molecule has 1 aromatic rings. The van der Waals surface area contributed by atoms with Crippen LogP contribution in [0.5, 0.6) is 0 Å². The molecule has 1 aliphatic carbocycles. The van der Waals surface area contributed by atoms with Crippen molar-refractivity contribution < 1.29 is 0 Å². The summed E-state index contributed by atoms with van der Waals surface area (Å²) in [6, 6.07) is 8.94. The molecule has 1 heteroatoms. The number of hydrogen-bond donors (Lipinski definition) is 1. The molecule has 0 aromatic heterocycles. The van der Waals surface area contributed by atoms with Crippen LogP contribution in [0.15, 0.2) is 24.3 Å². The fraction of sp³-hybridized carbons (Fsp3) is 0.571. The zero-order valence-electron chi connectivity index (χ0n) is 9.79. The van der Waals surface area contributed by atoms with E-state index in [0.29, 0.717) is 0 Å². The molecule has 0 aliphatic heterocycles. The van der Waals surface area contributed by atoms with E-state index in [9.17, 15) is 0 Å². The highest BCUT2D eigenvalue weighted by molar-refractivity contribution is 5.22. The molecular weight excluding hydrogens is 182 g/mol. The lowest BCUT2D eigenvalue weighted by atomic mass is 9.94. The van der Waals surface area contributed by atoms with Crippen molar-refractivity contribution in [2.75, 3.05) is 13.6 Å². The molecule has 1 saturated carbocycles. The van der Waals surface area contributed by atoms with Crippen molar-refractivity contribution >= 4 is 0 Å². The van der Waals surface area contributed by atoms with Crippen LogP contribution in [0.2, 0.25) is 0 Å². The van der Waals surface area contributed by atoms with Crippen molar-refractivity contribution in [2.24, 2.45) is 11.8 Å². The van der Waals surface area contributed by atoms with Crippen LogP contribution in [0.1, 0.15) is 24.0 Å². The molecule has 0 bridgehead atoms. The Morgan fingerprint density at radius 3 is 2.80 bits per heavy atom. The fourth-order valence-electron chi connectivity index (χ4n) is 2.38. The van der Waals surface area contributed by atoms with E-state index in [1.807, 2.05) is 0 Å². The second kappa shape index (κ2) is 4.80. The molecule has 0 saturated heterocycles. The molecule has 1 unspecified atom stereocenters. The first-order valence-corrected chi connectivity index (χ1v) is 5.99. The van der Waals surface area contributed by atoms with Crippen LogP contribution in [0, 0.1) is 18.8 Å². The number of hydrogen-bond acceptors (Lipinski definition) is 1. The highest BCUT2D eigenvalue weighted by Crippen LogP contribution is 2.38. The average Bonchev–Trinajstić information content (AvgIpc) is 3.00. The Hall–Kier alpha value is -0.820. The van der Waals surface area contributed by atoms with Crippen molar-refractivity contribution in [1.29, 1.82) is 0 Å². The molecule has 2 rings (SSSR count). The van der Waals surface area contributed by atoms with Gasteiger partial charge in [0.1, 0.15) is 0 Å². The van der Waals surface area contributed by atoms with Gasteiger partial charge in [-0.05, 0) is 57.2 Å². The lowest BCUT2D eigenvalue weighted by molar-refractivity contribution is 0.440. The smallest absolute Gasteiger partial charge is 0.00177 e. The largest absolute Gasteiger partial charge is 0.319 e. The van der Waals surface area contributed by atoms with Gasteiger partial charge in [-0.3, -0.25) is 0 Å². The maximum atomic E-state index is 3.32. The normalized spacial score (nSPS) is 17.7. The molecule has 82 valence electrons. The van der Waals surface area contributed by atoms with Gasteiger partial charge >= 0.3 is 0 Å². The number of benzene rings is 1. The van der Waals surface area contributed by atoms with Crippen LogP contribution in [-0.4, -0.2) is 13.6 Å². The molecule has 1 fully saturated rings. The summed E-state index contributed by atoms with van der Waals surface area (Å²) < 4.78 is 0. The first-order valence-electron chi connectivity index (χ1n) is 5.99. The van der Waals surface area contributed by atoms with E-state index in [1.165, 1.54) is 36.9 Å². The Kier molecular flexibility index (Phi) is 3.42. The third kappa shape index (κ3) is 3.07. The summed E-state index contributed by atoms with van der Waals surface area (Å²) in [5.41, 5.74) is 2.88. The van der Waals surface area contributed by atoms with Crippen LogP contribution >= 0.6 is 0 Å². The quantitative estimate of drug-likeness (QED) is 0.776. The summed E-state index contributed by atoms with van der Waals surface area (Å²) in [6.45, 7) is 3.34. The molecular formula is C14H21N. The van der Waals surface area contributed by atoms with E-state index in [0.717, 1.165) is 11.8 Å². The van der Waals surface area contributed by atoms with Gasteiger partial charge in [0, 0.05) is 0 Å². The Bertz CT molecular complexity index is 315. The third-order valence-electron chi connectivity index (χ3n) is 3.34. The molecule has 0 radical (unpaired) electrons. The van der Waals surface area contributed by atoms with Crippen molar-refractivity contribution in [3.63, 3.8) is 0 Å². The molecule has 0 amide bonds. The lowest BCUT2D eigenvalue weighted by Gasteiger charge is -2.15. The van der Waals surface area contributed by atoms with Gasteiger partial charge in [0.25, 0.3) is 0 Å². The monoisotopic (exact) mass is 203 g/mol. The molecule has 1 nitrogen and oxygen atoms in total. The van der Waals surface area contributed by atoms with E-state index < -0.39 is 0 Å². The Morgan fingerprint density at radius 1 is 1.40 bits per heavy atom. The molecule has 1 aromatic carbocycles. The number of aryl methyl sites for hydroxylation is 1. The van der Waals surface area contributed by atoms with Gasteiger partial charge in [-0.15, -0.1) is 0 Å². The van der Waals surface area contributed by atoms with Crippen molar-refractivity contribution in [1.82, 2.24) is 5.32 Å². The summed E-state index contributed by atoms with van der Waals surface area (Å²) in [5, 5.41) is 3.32. The predicted octanol–water partition coefficient (Wildman–Crippen LogP) is 2.78. The summed E-state index contributed by atoms with van der Waals surface area (Å²) in [7, 11) is 2.06. The molecule has 15 heavy (non-hydrogen) atoms. The summed E-state index contributed by atoms with van der Waals surface area (Å²) >= 11 is 0. The maximum Gasteiger partial charge on any atom is -0.00177 e. The molecule has 0 heterocycles. The Labute approximate surface area is 92.9 Å². The van der Waals surface area contributed by atoms with Crippen molar-refractivity contribution in [3.8, 4) is 0 Å². The highest BCUT2D eigenvalue weighted by atomic mass is 14.8. The van der Waals surface area contributed by atoms with Gasteiger partial charge in [0.2, 0.25) is 0 Å². The first kappa shape index (κ1) is 10.7. The van der Waals surface area contributed by atoms with Gasteiger partial charge in [0.05, 0.1) is 0 Å². The standard InChI is InChI=1S/C14H21N/c1-11-4-3-5-12(8-11)9-14(10-15-2)13-6-7-13/h3-5,8,13-15H,6-7,9-10H2,1-2H3. The maximum absolute atomic E-state index is 3.32. The fourth-order valence-corrected chi connectivity index (χ4v) is 2.38. The molecule has 0 spiro atoms. The molecule has 1 atom stereocenters. The van der Waals surface area contributed by atoms with E-state index in [1.54, 1.807) is 0 Å². The van der Waals surface area contributed by atoms with Crippen molar-refractivity contribution in [2.45, 2.75) is 26.2 Å². The van der Waals surface area contributed by atoms with Gasteiger partial charge in [-0.1, -0.05) is 29.8 Å². The zero-order chi connectivity index (χ0) is 10.7. The molecule has 1 aliphatic rings. The van der Waals surface area contributed by atoms with Gasteiger partial charge in [-0.2, -0.15) is 0 Å². The Morgan fingerprint density at radius 2 is 2.20 bits per heavy atom. The minimum Gasteiger partial charge on any atom is -0.319 e. The van der Waals surface area contributed by atoms with Gasteiger partial charge in [-0.25, -0.2) is 0 Å². The molecule has 1 N–H and O–H groups in total. The van der Waals surface area contributed by atoms with Gasteiger partial charge in [0.15, 0.2) is 0 Å². The number of nitrogens with one attached hydrogen (secondary N) is 1. The van der Waals surface area contributed by atoms with E-state index >= 15 is 0 Å². The predicted molar refractivity (Wildman–Crippen MR) is 65.0 cm³/mol. The Balaban J connectivity index is 1.98. The minimum atomic E-state index is 0.844. The second-order valence-electron chi connectivity index (χ2n) is 4.85. The van der Waals surface area contributed by atoms with Crippen LogP contribution in [0.25, 0.3) is 0 Å². The van der Waals surface area contributed by atoms with Crippen molar-refractivity contribution in [3.05, 3.63) is 35.4 Å². The van der Waals surface area contributed by atoms with E-state index in [2.05, 4.69) is 43.6 Å². The first-order chi connectivity index (χ1) is 7.29. The lowest BCUT2D eigenvalue weighted by Crippen LogP contribution is -2.22. The third-order valence-corrected chi connectivity index (χ3v) is 3.34. The van der Waals surface area contributed by atoms with Crippen LogP contribution < -0.4 is 5.32 Å². The summed E-state index contributed by atoms with van der Waals surface area (Å²) in [6.07, 6.45) is 4.13. The highest BCUT2D eigenvalue weighted by Gasteiger charge is 2.30. The van der Waals surface area contributed by atoms with Crippen LogP contribution in [0.4, 0.5) is 0 Å². The van der Waals surface area contributed by atoms with Crippen LogP contribution in [0.3, 0.4) is 0 Å². The average molecular weight is 203 g/mol. The SMILES string of the molecule is CNCC(Cc1cccc(C)c1)C1CC1. The summed E-state index contributed by atoms with van der Waals surface area (Å²) in [4.78, 5) is 0. The topological polar surface area (TPSA) is 12.0 Å². The van der Waals surface area contributed by atoms with Gasteiger partial charge < -0.3 is 5.32 Å². The van der Waals surface area contributed by atoms with Crippen LogP contribution in [-0.2, 0) is 6.42 Å². The van der Waals surface area contributed by atoms with E-state index in [4.69, 9.17) is 0 Å². The summed E-state index contributed by atoms with van der Waals surface area (Å²) in [5.74, 6) is 1.83.